The van der Waals surface area contributed by atoms with Gasteiger partial charge in [-0.3, -0.25) is 9.69 Å². The maximum absolute atomic E-state index is 13.7. The van der Waals surface area contributed by atoms with Crippen molar-refractivity contribution in [2.24, 2.45) is 11.3 Å². The first-order valence-corrected chi connectivity index (χ1v) is 10.2. The predicted octanol–water partition coefficient (Wildman–Crippen LogP) is 1.63. The van der Waals surface area contributed by atoms with Gasteiger partial charge in [0, 0.05) is 31.7 Å². The molecule has 0 radical (unpaired) electrons. The van der Waals surface area contributed by atoms with Gasteiger partial charge in [0.2, 0.25) is 0 Å². The number of esters is 1. The number of likely N-dealkylation sites (N-methyl/N-ethyl adjacent to an activating group) is 1. The van der Waals surface area contributed by atoms with E-state index in [1.54, 1.807) is 0 Å². The minimum atomic E-state index is -1.18. The van der Waals surface area contributed by atoms with Gasteiger partial charge in [0.25, 0.3) is 0 Å². The maximum atomic E-state index is 13.7. The van der Waals surface area contributed by atoms with Gasteiger partial charge >= 0.3 is 5.97 Å². The number of hydrogen-bond acceptors (Lipinski definition) is 6. The van der Waals surface area contributed by atoms with Crippen LogP contribution in [0.1, 0.15) is 25.3 Å². The van der Waals surface area contributed by atoms with Crippen LogP contribution in [0.5, 0.6) is 0 Å². The number of carbonyl (C=O) groups excluding carboxylic acids is 1. The third-order valence-corrected chi connectivity index (χ3v) is 8.66. The maximum Gasteiger partial charge on any atom is 0.318 e. The SMILES string of the molecule is C/C=C1/CN2CC[C@@]34c5ccccc5N(C)[C@]23[C@H]2C[C@@H]1[C@]4(C(=O)OC)[C@H](O)O2. The van der Waals surface area contributed by atoms with Gasteiger partial charge in [0.05, 0.1) is 18.6 Å². The zero-order valence-electron chi connectivity index (χ0n) is 16.5. The minimum absolute atomic E-state index is 0.0864. The Labute approximate surface area is 164 Å². The molecule has 1 aromatic rings. The molecule has 6 nitrogen and oxygen atoms in total. The number of benzene rings is 1. The van der Waals surface area contributed by atoms with Crippen LogP contribution >= 0.6 is 0 Å². The molecule has 1 aliphatic carbocycles. The number of anilines is 1. The summed E-state index contributed by atoms with van der Waals surface area (Å²) in [6, 6.07) is 8.37. The Morgan fingerprint density at radius 3 is 2.93 bits per heavy atom. The van der Waals surface area contributed by atoms with Crippen molar-refractivity contribution in [3.8, 4) is 0 Å². The average Bonchev–Trinajstić information content (AvgIpc) is 3.11. The molecule has 6 heterocycles. The van der Waals surface area contributed by atoms with E-state index in [0.717, 1.165) is 37.2 Å². The number of carbonyl (C=O) groups is 1. The molecule has 8 rings (SSSR count). The average molecular weight is 382 g/mol. The van der Waals surface area contributed by atoms with Crippen LogP contribution in [0.15, 0.2) is 35.9 Å². The first-order chi connectivity index (χ1) is 13.5. The molecule has 0 amide bonds. The van der Waals surface area contributed by atoms with Gasteiger partial charge in [-0.1, -0.05) is 29.8 Å². The van der Waals surface area contributed by atoms with Crippen molar-refractivity contribution in [2.45, 2.75) is 43.2 Å². The highest BCUT2D eigenvalue weighted by molar-refractivity contribution is 5.87. The summed E-state index contributed by atoms with van der Waals surface area (Å²) in [5, 5.41) is 11.4. The lowest BCUT2D eigenvalue weighted by Gasteiger charge is -2.67. The zero-order valence-corrected chi connectivity index (χ0v) is 16.5. The van der Waals surface area contributed by atoms with E-state index in [0.29, 0.717) is 0 Å². The second-order valence-corrected chi connectivity index (χ2v) is 8.87. The molecule has 7 atom stereocenters. The lowest BCUT2D eigenvalue weighted by Crippen LogP contribution is -2.83. The number of hydrogen-bond donors (Lipinski definition) is 1. The number of ether oxygens (including phenoxy) is 2. The quantitative estimate of drug-likeness (QED) is 0.589. The Hall–Kier alpha value is -1.89. The van der Waals surface area contributed by atoms with Gasteiger partial charge in [0.1, 0.15) is 11.1 Å². The number of fused-ring (bicyclic) bond motifs is 3. The molecule has 1 N–H and O–H groups in total. The summed E-state index contributed by atoms with van der Waals surface area (Å²) >= 11 is 0. The Morgan fingerprint density at radius 2 is 2.18 bits per heavy atom. The van der Waals surface area contributed by atoms with Crippen molar-refractivity contribution in [2.75, 3.05) is 32.1 Å². The van der Waals surface area contributed by atoms with Crippen LogP contribution in [0, 0.1) is 11.3 Å². The monoisotopic (exact) mass is 382 g/mol. The van der Waals surface area contributed by atoms with E-state index in [2.05, 4.69) is 35.1 Å². The molecular weight excluding hydrogens is 356 g/mol. The summed E-state index contributed by atoms with van der Waals surface area (Å²) in [6.45, 7) is 3.71. The van der Waals surface area contributed by atoms with Crippen LogP contribution in [-0.2, 0) is 19.7 Å². The lowest BCUT2D eigenvalue weighted by molar-refractivity contribution is -0.331. The predicted molar refractivity (Wildman–Crippen MR) is 103 cm³/mol. The summed E-state index contributed by atoms with van der Waals surface area (Å²) in [5.74, 6) is -0.433. The molecule has 1 spiro atoms. The fraction of sp³-hybridized carbons (Fsp3) is 0.591. The van der Waals surface area contributed by atoms with Gasteiger partial charge in [-0.15, -0.1) is 0 Å². The fourth-order valence-corrected chi connectivity index (χ4v) is 8.01. The van der Waals surface area contributed by atoms with Crippen molar-refractivity contribution in [1.29, 1.82) is 0 Å². The number of allylic oxidation sites excluding steroid dienone is 1. The van der Waals surface area contributed by atoms with Crippen LogP contribution in [0.25, 0.3) is 0 Å². The Morgan fingerprint density at radius 1 is 1.39 bits per heavy atom. The van der Waals surface area contributed by atoms with Gasteiger partial charge in [-0.2, -0.15) is 0 Å². The second-order valence-electron chi connectivity index (χ2n) is 8.87. The molecule has 28 heavy (non-hydrogen) atoms. The molecule has 5 saturated heterocycles. The van der Waals surface area contributed by atoms with Gasteiger partial charge in [-0.05, 0) is 31.4 Å². The highest BCUT2D eigenvalue weighted by Crippen LogP contribution is 2.77. The fourth-order valence-electron chi connectivity index (χ4n) is 8.01. The second kappa shape index (κ2) is 4.99. The number of methoxy groups -OCH3 is 1. The van der Waals surface area contributed by atoms with Crippen LogP contribution < -0.4 is 4.90 Å². The van der Waals surface area contributed by atoms with Gasteiger partial charge < -0.3 is 19.5 Å². The van der Waals surface area contributed by atoms with E-state index in [1.165, 1.54) is 12.7 Å². The zero-order chi connectivity index (χ0) is 19.5. The number of nitrogens with zero attached hydrogens (tertiary/aromatic N) is 2. The third-order valence-electron chi connectivity index (χ3n) is 8.66. The largest absolute Gasteiger partial charge is 0.468 e. The Bertz CT molecular complexity index is 931. The lowest BCUT2D eigenvalue weighted by atomic mass is 9.43. The topological polar surface area (TPSA) is 62.2 Å². The number of rotatable bonds is 1. The van der Waals surface area contributed by atoms with E-state index in [4.69, 9.17) is 9.47 Å². The molecule has 6 aliphatic heterocycles. The van der Waals surface area contributed by atoms with Crippen molar-refractivity contribution in [3.05, 3.63) is 41.5 Å². The summed E-state index contributed by atoms with van der Waals surface area (Å²) in [6.07, 6.45) is 2.33. The van der Waals surface area contributed by atoms with E-state index in [-0.39, 0.29) is 18.0 Å². The van der Waals surface area contributed by atoms with Crippen molar-refractivity contribution >= 4 is 11.7 Å². The van der Waals surface area contributed by atoms with E-state index >= 15 is 0 Å². The number of para-hydroxylation sites is 1. The van der Waals surface area contributed by atoms with Crippen molar-refractivity contribution in [3.63, 3.8) is 0 Å². The summed E-state index contributed by atoms with van der Waals surface area (Å²) in [4.78, 5) is 18.5. The minimum Gasteiger partial charge on any atom is -0.468 e. The normalized spacial score (nSPS) is 48.6. The summed E-state index contributed by atoms with van der Waals surface area (Å²) in [5.41, 5.74) is 1.31. The molecule has 7 aliphatic rings. The van der Waals surface area contributed by atoms with Crippen LogP contribution in [0.2, 0.25) is 0 Å². The molecule has 1 saturated carbocycles. The molecule has 1 aromatic carbocycles. The Balaban J connectivity index is 1.80. The first kappa shape index (κ1) is 17.0. The van der Waals surface area contributed by atoms with E-state index < -0.39 is 22.8 Å². The van der Waals surface area contributed by atoms with Crippen molar-refractivity contribution < 1.29 is 19.4 Å². The van der Waals surface area contributed by atoms with Gasteiger partial charge in [-0.25, -0.2) is 0 Å². The standard InChI is InChI=1S/C22H26N2O4/c1-4-13-12-24-10-9-20-14-7-5-6-8-16(14)23(2)22(20,24)17-11-15(13)21(20,18(25)27-3)19(26)28-17/h4-8,15,17,19,26H,9-12H2,1-3H3/b13-4-/t15-,17+,19+,20-,21-,22+/m0/s1. The highest BCUT2D eigenvalue weighted by Gasteiger charge is 2.89. The van der Waals surface area contributed by atoms with Crippen molar-refractivity contribution in [1.82, 2.24) is 4.90 Å². The molecular formula is C22H26N2O4. The molecule has 6 fully saturated rings. The molecule has 1 unspecified atom stereocenters. The number of aliphatic hydroxyl groups excluding tert-OH is 1. The van der Waals surface area contributed by atoms with Crippen LogP contribution in [0.3, 0.4) is 0 Å². The van der Waals surface area contributed by atoms with Gasteiger partial charge in [0.15, 0.2) is 6.29 Å². The van der Waals surface area contributed by atoms with E-state index in [9.17, 15) is 9.90 Å². The summed E-state index contributed by atoms with van der Waals surface area (Å²) < 4.78 is 11.7. The smallest absolute Gasteiger partial charge is 0.318 e. The highest BCUT2D eigenvalue weighted by atomic mass is 16.6. The third kappa shape index (κ3) is 1.31. The van der Waals surface area contributed by atoms with Crippen LogP contribution in [0.4, 0.5) is 5.69 Å². The molecule has 148 valence electrons. The summed E-state index contributed by atoms with van der Waals surface area (Å²) in [7, 11) is 3.56. The first-order valence-electron chi connectivity index (χ1n) is 10.2. The number of aliphatic hydroxyl groups is 1. The van der Waals surface area contributed by atoms with Crippen LogP contribution in [-0.4, -0.2) is 61.3 Å². The Kier molecular flexibility index (Phi) is 3.03. The van der Waals surface area contributed by atoms with E-state index in [1.807, 2.05) is 19.1 Å². The molecule has 0 aromatic heterocycles. The molecule has 6 heteroatoms. The molecule has 6 bridgehead atoms.